The molecule has 0 saturated heterocycles. The van der Waals surface area contributed by atoms with Gasteiger partial charge in [0, 0.05) is 16.3 Å². The highest BCUT2D eigenvalue weighted by atomic mass is 32.1. The fourth-order valence-electron chi connectivity index (χ4n) is 3.18. The zero-order valence-corrected chi connectivity index (χ0v) is 17.0. The van der Waals surface area contributed by atoms with Crippen molar-refractivity contribution in [1.82, 2.24) is 14.8 Å². The summed E-state index contributed by atoms with van der Waals surface area (Å²) >= 11 is 1.36. The molecule has 0 N–H and O–H groups in total. The van der Waals surface area contributed by atoms with E-state index in [-0.39, 0.29) is 30.9 Å². The topological polar surface area (TPSA) is 74.1 Å². The summed E-state index contributed by atoms with van der Waals surface area (Å²) in [5, 5.41) is 8.00. The number of fused-ring (bicyclic) bond motifs is 1. The lowest BCUT2D eigenvalue weighted by atomic mass is 10.1. The van der Waals surface area contributed by atoms with Crippen LogP contribution in [0.4, 0.5) is 4.39 Å². The van der Waals surface area contributed by atoms with Crippen molar-refractivity contribution in [2.45, 2.75) is 19.9 Å². The summed E-state index contributed by atoms with van der Waals surface area (Å²) in [6.45, 7) is 2.17. The molecule has 0 aliphatic rings. The van der Waals surface area contributed by atoms with Crippen molar-refractivity contribution >= 4 is 28.1 Å². The van der Waals surface area contributed by atoms with Gasteiger partial charge in [-0.15, -0.1) is 11.3 Å². The molecule has 0 amide bonds. The molecule has 30 heavy (non-hydrogen) atoms. The summed E-state index contributed by atoms with van der Waals surface area (Å²) in [7, 11) is 0. The molecule has 0 radical (unpaired) electrons. The Morgan fingerprint density at radius 2 is 1.97 bits per heavy atom. The number of ether oxygens (including phenoxy) is 1. The maximum Gasteiger partial charge on any atom is 0.311 e. The highest BCUT2D eigenvalue weighted by Gasteiger charge is 2.15. The van der Waals surface area contributed by atoms with E-state index in [1.165, 1.54) is 28.2 Å². The molecule has 0 unspecified atom stereocenters. The Morgan fingerprint density at radius 1 is 1.17 bits per heavy atom. The second kappa shape index (κ2) is 8.54. The molecule has 0 bridgehead atoms. The van der Waals surface area contributed by atoms with Gasteiger partial charge in [-0.2, -0.15) is 5.10 Å². The number of esters is 1. The molecule has 0 fully saturated rings. The van der Waals surface area contributed by atoms with Crippen LogP contribution in [0.3, 0.4) is 0 Å². The third-order valence-electron chi connectivity index (χ3n) is 4.52. The van der Waals surface area contributed by atoms with Crippen LogP contribution in [-0.4, -0.2) is 27.3 Å². The molecule has 0 atom stereocenters. The van der Waals surface area contributed by atoms with E-state index in [1.54, 1.807) is 43.3 Å². The van der Waals surface area contributed by atoms with Crippen LogP contribution in [0.5, 0.6) is 0 Å². The average Bonchev–Trinajstić information content (AvgIpc) is 3.20. The summed E-state index contributed by atoms with van der Waals surface area (Å²) in [5.41, 5.74) is 1.51. The molecule has 6 nitrogen and oxygen atoms in total. The van der Waals surface area contributed by atoms with Gasteiger partial charge in [-0.05, 0) is 25.1 Å². The van der Waals surface area contributed by atoms with Gasteiger partial charge in [-0.1, -0.05) is 30.3 Å². The van der Waals surface area contributed by atoms with Crippen molar-refractivity contribution in [2.75, 3.05) is 6.61 Å². The quantitative estimate of drug-likeness (QED) is 0.441. The SMILES string of the molecule is CCOC(=O)Cc1nn(Cc2nc(-c3cccc(F)c3)cs2)c(=O)c2ccccc12. The Labute approximate surface area is 175 Å². The number of rotatable bonds is 6. The van der Waals surface area contributed by atoms with Gasteiger partial charge in [0.15, 0.2) is 0 Å². The Bertz CT molecular complexity index is 1280. The predicted octanol–water partition coefficient (Wildman–Crippen LogP) is 3.81. The summed E-state index contributed by atoms with van der Waals surface area (Å²) in [6.07, 6.45) is -0.0267. The monoisotopic (exact) mass is 423 g/mol. The van der Waals surface area contributed by atoms with E-state index in [1.807, 2.05) is 5.38 Å². The van der Waals surface area contributed by atoms with Crippen molar-refractivity contribution in [3.63, 3.8) is 0 Å². The molecule has 152 valence electrons. The van der Waals surface area contributed by atoms with Gasteiger partial charge in [0.2, 0.25) is 0 Å². The first-order chi connectivity index (χ1) is 14.5. The van der Waals surface area contributed by atoms with Crippen molar-refractivity contribution in [3.8, 4) is 11.3 Å². The smallest absolute Gasteiger partial charge is 0.311 e. The van der Waals surface area contributed by atoms with Gasteiger partial charge in [0.05, 0.1) is 36.3 Å². The van der Waals surface area contributed by atoms with Crippen LogP contribution in [0.15, 0.2) is 58.7 Å². The molecule has 4 rings (SSSR count). The molecule has 0 aliphatic heterocycles. The molecular formula is C22H18FN3O3S. The van der Waals surface area contributed by atoms with Crippen LogP contribution >= 0.6 is 11.3 Å². The van der Waals surface area contributed by atoms with Crippen LogP contribution < -0.4 is 5.56 Å². The first-order valence-corrected chi connectivity index (χ1v) is 10.3. The number of thiazole rings is 1. The maximum atomic E-state index is 13.5. The lowest BCUT2D eigenvalue weighted by molar-refractivity contribution is -0.142. The van der Waals surface area contributed by atoms with E-state index in [2.05, 4.69) is 10.1 Å². The standard InChI is InChI=1S/C22H18FN3O3S/c1-2-29-21(27)11-18-16-8-3-4-9-17(16)22(28)26(25-18)12-20-24-19(13-30-20)14-6-5-7-15(23)10-14/h3-10,13H,2,11-12H2,1H3. The number of aromatic nitrogens is 3. The second-order valence-electron chi connectivity index (χ2n) is 6.57. The van der Waals surface area contributed by atoms with Crippen LogP contribution in [0.2, 0.25) is 0 Å². The molecule has 4 aromatic rings. The van der Waals surface area contributed by atoms with E-state index in [0.29, 0.717) is 32.7 Å². The van der Waals surface area contributed by atoms with Crippen LogP contribution in [0.1, 0.15) is 17.6 Å². The van der Waals surface area contributed by atoms with Gasteiger partial charge in [0.1, 0.15) is 10.8 Å². The van der Waals surface area contributed by atoms with Gasteiger partial charge in [-0.3, -0.25) is 9.59 Å². The minimum atomic E-state index is -0.400. The van der Waals surface area contributed by atoms with Crippen LogP contribution in [-0.2, 0) is 22.5 Å². The Morgan fingerprint density at radius 3 is 2.73 bits per heavy atom. The Balaban J connectivity index is 1.70. The lowest BCUT2D eigenvalue weighted by Gasteiger charge is -2.10. The van der Waals surface area contributed by atoms with Gasteiger partial charge < -0.3 is 4.74 Å². The zero-order chi connectivity index (χ0) is 21.1. The van der Waals surface area contributed by atoms with Crippen LogP contribution in [0.25, 0.3) is 22.0 Å². The highest BCUT2D eigenvalue weighted by molar-refractivity contribution is 7.09. The summed E-state index contributed by atoms with van der Waals surface area (Å²) in [4.78, 5) is 29.5. The Kier molecular flexibility index (Phi) is 5.67. The van der Waals surface area contributed by atoms with E-state index in [4.69, 9.17) is 4.74 Å². The lowest BCUT2D eigenvalue weighted by Crippen LogP contribution is -2.26. The average molecular weight is 423 g/mol. The number of nitrogens with zero attached hydrogens (tertiary/aromatic N) is 3. The summed E-state index contributed by atoms with van der Waals surface area (Å²) < 4.78 is 19.8. The van der Waals surface area contributed by atoms with Crippen molar-refractivity contribution in [3.05, 3.63) is 80.8 Å². The zero-order valence-electron chi connectivity index (χ0n) is 16.2. The predicted molar refractivity (Wildman–Crippen MR) is 113 cm³/mol. The minimum Gasteiger partial charge on any atom is -0.466 e. The fourth-order valence-corrected chi connectivity index (χ4v) is 3.97. The van der Waals surface area contributed by atoms with Crippen molar-refractivity contribution in [1.29, 1.82) is 0 Å². The normalized spacial score (nSPS) is 11.0. The number of benzene rings is 2. The molecule has 2 aromatic heterocycles. The molecule has 8 heteroatoms. The highest BCUT2D eigenvalue weighted by Crippen LogP contribution is 2.23. The third-order valence-corrected chi connectivity index (χ3v) is 5.35. The van der Waals surface area contributed by atoms with E-state index in [0.717, 1.165) is 0 Å². The van der Waals surface area contributed by atoms with Gasteiger partial charge in [-0.25, -0.2) is 14.1 Å². The van der Waals surface area contributed by atoms with E-state index in [9.17, 15) is 14.0 Å². The van der Waals surface area contributed by atoms with Crippen molar-refractivity contribution in [2.24, 2.45) is 0 Å². The molecule has 0 spiro atoms. The second-order valence-corrected chi connectivity index (χ2v) is 7.52. The molecule has 2 aromatic carbocycles. The molecule has 2 heterocycles. The van der Waals surface area contributed by atoms with Crippen molar-refractivity contribution < 1.29 is 13.9 Å². The van der Waals surface area contributed by atoms with Gasteiger partial charge in [0.25, 0.3) is 5.56 Å². The fraction of sp³-hybridized carbons (Fsp3) is 0.182. The van der Waals surface area contributed by atoms with E-state index < -0.39 is 5.97 Å². The number of halogens is 1. The summed E-state index contributed by atoms with van der Waals surface area (Å²) in [5.74, 6) is -0.735. The number of carbonyl (C=O) groups excluding carboxylic acids is 1. The first kappa shape index (κ1) is 19.9. The molecular weight excluding hydrogens is 405 g/mol. The van der Waals surface area contributed by atoms with Crippen LogP contribution in [0, 0.1) is 5.82 Å². The largest absolute Gasteiger partial charge is 0.466 e. The minimum absolute atomic E-state index is 0.0267. The number of hydrogen-bond donors (Lipinski definition) is 0. The molecule has 0 aliphatic carbocycles. The Hall–Kier alpha value is -3.39. The summed E-state index contributed by atoms with van der Waals surface area (Å²) in [6, 6.07) is 13.2. The first-order valence-electron chi connectivity index (χ1n) is 9.40. The third kappa shape index (κ3) is 4.13. The molecule has 0 saturated carbocycles. The van der Waals surface area contributed by atoms with E-state index >= 15 is 0 Å². The number of hydrogen-bond acceptors (Lipinski definition) is 6. The number of carbonyl (C=O) groups is 1. The van der Waals surface area contributed by atoms with Gasteiger partial charge >= 0.3 is 5.97 Å². The maximum absolute atomic E-state index is 13.5.